The zero-order valence-corrected chi connectivity index (χ0v) is 34.3. The summed E-state index contributed by atoms with van der Waals surface area (Å²) >= 11 is 0. The van der Waals surface area contributed by atoms with Gasteiger partial charge in [0.2, 0.25) is 0 Å². The molecule has 0 amide bonds. The van der Waals surface area contributed by atoms with Gasteiger partial charge in [-0.25, -0.2) is 15.0 Å². The molecule has 62 heavy (non-hydrogen) atoms. The summed E-state index contributed by atoms with van der Waals surface area (Å²) in [4.78, 5) is 15.7. The van der Waals surface area contributed by atoms with E-state index in [2.05, 4.69) is 200 Å². The van der Waals surface area contributed by atoms with Crippen LogP contribution in [-0.4, -0.2) is 15.0 Å². The van der Waals surface area contributed by atoms with Gasteiger partial charge < -0.3 is 4.74 Å². The molecule has 0 saturated heterocycles. The lowest BCUT2D eigenvalue weighted by Gasteiger charge is -2.39. The summed E-state index contributed by atoms with van der Waals surface area (Å²) in [5.41, 5.74) is 14.8. The molecular formula is C58H43N3O. The number of rotatable bonds is 6. The summed E-state index contributed by atoms with van der Waals surface area (Å²) in [6.45, 7) is 0. The maximum absolute atomic E-state index is 6.73. The SMILES string of the molecule is C1=CCC(c2ccccc2-c2nc(-c3cccc(-c4cccc(-c5ccc6c(c5)C5(c7ccccc7O6)c6ccccc6-c6ccccc65)c4)c3)nc(C3CC=CCC3)n2)C=C1. The lowest BCUT2D eigenvalue weighted by atomic mass is 9.66. The van der Waals surface area contributed by atoms with Crippen LogP contribution in [0.1, 0.15) is 71.2 Å². The average Bonchev–Trinajstić information content (AvgIpc) is 3.65. The average molecular weight is 798 g/mol. The van der Waals surface area contributed by atoms with Crippen molar-refractivity contribution in [3.8, 4) is 67.7 Å². The first-order valence-electron chi connectivity index (χ1n) is 21.9. The molecule has 3 aliphatic carbocycles. The fourth-order valence-electron chi connectivity index (χ4n) is 10.4. The highest BCUT2D eigenvalue weighted by atomic mass is 16.5. The Bertz CT molecular complexity index is 3110. The Morgan fingerprint density at radius 3 is 1.81 bits per heavy atom. The molecule has 2 unspecified atom stereocenters. The van der Waals surface area contributed by atoms with E-state index in [0.29, 0.717) is 5.82 Å². The maximum Gasteiger partial charge on any atom is 0.164 e. The molecule has 4 aliphatic rings. The molecule has 12 rings (SSSR count). The second kappa shape index (κ2) is 14.9. The van der Waals surface area contributed by atoms with E-state index in [0.717, 1.165) is 87.8 Å². The van der Waals surface area contributed by atoms with E-state index in [1.807, 2.05) is 0 Å². The second-order valence-electron chi connectivity index (χ2n) is 16.9. The lowest BCUT2D eigenvalue weighted by Crippen LogP contribution is -2.32. The molecule has 0 N–H and O–H groups in total. The first kappa shape index (κ1) is 36.4. The third-order valence-electron chi connectivity index (χ3n) is 13.4. The molecule has 4 nitrogen and oxygen atoms in total. The van der Waals surface area contributed by atoms with Crippen LogP contribution in [0.3, 0.4) is 0 Å². The van der Waals surface area contributed by atoms with Crippen LogP contribution >= 0.6 is 0 Å². The molecule has 4 heteroatoms. The van der Waals surface area contributed by atoms with Gasteiger partial charge in [-0.2, -0.15) is 0 Å². The highest BCUT2D eigenvalue weighted by Crippen LogP contribution is 2.62. The third kappa shape index (κ3) is 5.93. The number of hydrogen-bond acceptors (Lipinski definition) is 4. The number of para-hydroxylation sites is 1. The molecule has 0 radical (unpaired) electrons. The Labute approximate surface area is 362 Å². The summed E-state index contributed by atoms with van der Waals surface area (Å²) in [6.07, 6.45) is 17.3. The van der Waals surface area contributed by atoms with Crippen molar-refractivity contribution in [2.45, 2.75) is 42.9 Å². The van der Waals surface area contributed by atoms with Gasteiger partial charge >= 0.3 is 0 Å². The van der Waals surface area contributed by atoms with Gasteiger partial charge in [0.15, 0.2) is 11.6 Å². The summed E-state index contributed by atoms with van der Waals surface area (Å²) < 4.78 is 6.73. The van der Waals surface area contributed by atoms with Crippen molar-refractivity contribution < 1.29 is 4.74 Å². The predicted molar refractivity (Wildman–Crippen MR) is 250 cm³/mol. The van der Waals surface area contributed by atoms with Gasteiger partial charge in [-0.1, -0.05) is 170 Å². The van der Waals surface area contributed by atoms with Crippen molar-refractivity contribution in [1.29, 1.82) is 0 Å². The van der Waals surface area contributed by atoms with Crippen molar-refractivity contribution in [3.05, 3.63) is 234 Å². The molecule has 1 aromatic heterocycles. The van der Waals surface area contributed by atoms with Gasteiger partial charge in [0.1, 0.15) is 17.3 Å². The van der Waals surface area contributed by atoms with E-state index in [1.165, 1.54) is 33.4 Å². The van der Waals surface area contributed by atoms with Crippen LogP contribution in [0.25, 0.3) is 56.2 Å². The molecule has 1 aliphatic heterocycles. The van der Waals surface area contributed by atoms with Crippen molar-refractivity contribution in [2.24, 2.45) is 0 Å². The van der Waals surface area contributed by atoms with E-state index >= 15 is 0 Å². The highest BCUT2D eigenvalue weighted by Gasteiger charge is 2.51. The maximum atomic E-state index is 6.73. The number of fused-ring (bicyclic) bond motifs is 9. The number of allylic oxidation sites excluding steroid dienone is 6. The molecule has 2 atom stereocenters. The normalized spacial score (nSPS) is 17.5. The third-order valence-corrected chi connectivity index (χ3v) is 13.4. The van der Waals surface area contributed by atoms with Crippen molar-refractivity contribution in [3.63, 3.8) is 0 Å². The van der Waals surface area contributed by atoms with Crippen LogP contribution in [0.15, 0.2) is 200 Å². The molecule has 7 aromatic carbocycles. The van der Waals surface area contributed by atoms with Gasteiger partial charge in [-0.15, -0.1) is 0 Å². The number of aromatic nitrogens is 3. The van der Waals surface area contributed by atoms with Crippen LogP contribution in [-0.2, 0) is 5.41 Å². The van der Waals surface area contributed by atoms with Crippen LogP contribution in [0.4, 0.5) is 0 Å². The van der Waals surface area contributed by atoms with Gasteiger partial charge in [-0.3, -0.25) is 0 Å². The van der Waals surface area contributed by atoms with Crippen LogP contribution < -0.4 is 4.74 Å². The number of nitrogens with zero attached hydrogens (tertiary/aromatic N) is 3. The van der Waals surface area contributed by atoms with Crippen LogP contribution in [0.5, 0.6) is 11.5 Å². The van der Waals surface area contributed by atoms with Crippen molar-refractivity contribution >= 4 is 0 Å². The lowest BCUT2D eigenvalue weighted by molar-refractivity contribution is 0.436. The zero-order chi connectivity index (χ0) is 41.0. The van der Waals surface area contributed by atoms with Crippen molar-refractivity contribution in [2.75, 3.05) is 0 Å². The molecule has 0 bridgehead atoms. The highest BCUT2D eigenvalue weighted by molar-refractivity contribution is 5.89. The van der Waals surface area contributed by atoms with Crippen molar-refractivity contribution in [1.82, 2.24) is 15.0 Å². The van der Waals surface area contributed by atoms with E-state index in [9.17, 15) is 0 Å². The summed E-state index contributed by atoms with van der Waals surface area (Å²) in [5, 5.41) is 0. The minimum Gasteiger partial charge on any atom is -0.457 e. The second-order valence-corrected chi connectivity index (χ2v) is 16.9. The molecule has 2 heterocycles. The first-order chi connectivity index (χ1) is 30.7. The molecule has 296 valence electrons. The van der Waals surface area contributed by atoms with Gasteiger partial charge in [-0.05, 0) is 106 Å². The van der Waals surface area contributed by atoms with E-state index < -0.39 is 5.41 Å². The van der Waals surface area contributed by atoms with E-state index in [1.54, 1.807) is 0 Å². The predicted octanol–water partition coefficient (Wildman–Crippen LogP) is 14.4. The zero-order valence-electron chi connectivity index (χ0n) is 34.3. The topological polar surface area (TPSA) is 47.9 Å². The molecule has 1 spiro atoms. The monoisotopic (exact) mass is 797 g/mol. The van der Waals surface area contributed by atoms with Gasteiger partial charge in [0, 0.05) is 34.1 Å². The molecular weight excluding hydrogens is 755 g/mol. The van der Waals surface area contributed by atoms with Crippen LogP contribution in [0.2, 0.25) is 0 Å². The minimum absolute atomic E-state index is 0.255. The minimum atomic E-state index is -0.514. The Morgan fingerprint density at radius 2 is 1.08 bits per heavy atom. The summed E-state index contributed by atoms with van der Waals surface area (Å²) in [6, 6.07) is 59.3. The van der Waals surface area contributed by atoms with E-state index in [-0.39, 0.29) is 11.8 Å². The largest absolute Gasteiger partial charge is 0.457 e. The standard InChI is InChI=1S/C58H43N3O/c1-3-17-38(18-4-1)45-25-7-8-28-48(45)57-60-55(39-19-5-2-6-20-39)59-56(61-57)44-24-16-23-42(36-44)40-21-15-22-41(35-40)43-33-34-54-52(37-43)58(51-31-13-14-32-53(51)62-54)49-29-11-9-26-46(49)47-27-10-12-30-50(47)58/h1-5,7-17,21-39H,6,18-20H2. The quantitative estimate of drug-likeness (QED) is 0.157. The fourth-order valence-corrected chi connectivity index (χ4v) is 10.4. The fraction of sp³-hybridized carbons (Fsp3) is 0.121. The molecule has 0 fully saturated rings. The Kier molecular flexibility index (Phi) is 8.77. The smallest absolute Gasteiger partial charge is 0.164 e. The number of benzene rings is 7. The summed E-state index contributed by atoms with van der Waals surface area (Å²) in [7, 11) is 0. The summed E-state index contributed by atoms with van der Waals surface area (Å²) in [5.74, 6) is 4.65. The van der Waals surface area contributed by atoms with Gasteiger partial charge in [0.05, 0.1) is 5.41 Å². The van der Waals surface area contributed by atoms with Gasteiger partial charge in [0.25, 0.3) is 0 Å². The Hall–Kier alpha value is -7.43. The Morgan fingerprint density at radius 1 is 0.452 bits per heavy atom. The number of hydrogen-bond donors (Lipinski definition) is 0. The van der Waals surface area contributed by atoms with E-state index in [4.69, 9.17) is 19.7 Å². The van der Waals surface area contributed by atoms with Crippen LogP contribution in [0, 0.1) is 0 Å². The Balaban J connectivity index is 0.953. The first-order valence-corrected chi connectivity index (χ1v) is 21.9. The molecule has 8 aromatic rings. The molecule has 0 saturated carbocycles. The number of ether oxygens (including phenoxy) is 1.